The van der Waals surface area contributed by atoms with E-state index in [4.69, 9.17) is 22.1 Å². The van der Waals surface area contributed by atoms with E-state index >= 15 is 0 Å². The maximum absolute atomic E-state index is 5.77. The molecule has 0 spiro atoms. The molecule has 0 saturated carbocycles. The number of nitrogen functional groups attached to an aromatic ring is 1. The number of aromatic nitrogens is 1. The Morgan fingerprint density at radius 1 is 1.25 bits per heavy atom. The highest BCUT2D eigenvalue weighted by molar-refractivity contribution is 9.10. The van der Waals surface area contributed by atoms with Crippen molar-refractivity contribution >= 4 is 33.2 Å². The number of nitrogens with two attached hydrogens (primary N) is 1. The van der Waals surface area contributed by atoms with E-state index in [0.29, 0.717) is 22.5 Å². The second kappa shape index (κ2) is 4.72. The SMILES string of the molecule is Nc1cc(Cl)nc(Oc2ccccc2Br)c1. The average Bonchev–Trinajstić information content (AvgIpc) is 2.20. The van der Waals surface area contributed by atoms with E-state index in [0.717, 1.165) is 4.47 Å². The molecule has 0 atom stereocenters. The minimum absolute atomic E-state index is 0.307. The Balaban J connectivity index is 2.30. The zero-order chi connectivity index (χ0) is 11.5. The molecule has 1 aromatic carbocycles. The summed E-state index contributed by atoms with van der Waals surface area (Å²) >= 11 is 9.15. The highest BCUT2D eigenvalue weighted by Gasteiger charge is 2.04. The molecule has 2 N–H and O–H groups in total. The van der Waals surface area contributed by atoms with Gasteiger partial charge in [0.15, 0.2) is 0 Å². The van der Waals surface area contributed by atoms with E-state index in [-0.39, 0.29) is 0 Å². The first-order chi connectivity index (χ1) is 7.65. The molecule has 82 valence electrons. The first-order valence-corrected chi connectivity index (χ1v) is 5.68. The van der Waals surface area contributed by atoms with Crippen LogP contribution in [-0.2, 0) is 0 Å². The van der Waals surface area contributed by atoms with Crippen LogP contribution >= 0.6 is 27.5 Å². The van der Waals surface area contributed by atoms with Gasteiger partial charge in [0, 0.05) is 11.8 Å². The number of nitrogens with zero attached hydrogens (tertiary/aromatic N) is 1. The van der Waals surface area contributed by atoms with Crippen molar-refractivity contribution in [3.8, 4) is 11.6 Å². The maximum Gasteiger partial charge on any atom is 0.222 e. The predicted molar refractivity (Wildman–Crippen MR) is 67.9 cm³/mol. The molecule has 0 aliphatic rings. The summed E-state index contributed by atoms with van der Waals surface area (Å²) in [6.45, 7) is 0. The van der Waals surface area contributed by atoms with Crippen LogP contribution in [0, 0.1) is 0 Å². The molecule has 0 fully saturated rings. The summed E-state index contributed by atoms with van der Waals surface area (Å²) in [5.41, 5.74) is 6.15. The molecule has 0 saturated heterocycles. The van der Waals surface area contributed by atoms with Gasteiger partial charge in [-0.05, 0) is 34.1 Å². The third-order valence-electron chi connectivity index (χ3n) is 1.84. The topological polar surface area (TPSA) is 48.1 Å². The van der Waals surface area contributed by atoms with Crippen molar-refractivity contribution in [1.82, 2.24) is 4.98 Å². The van der Waals surface area contributed by atoms with E-state index in [9.17, 15) is 0 Å². The Morgan fingerprint density at radius 2 is 2.00 bits per heavy atom. The zero-order valence-corrected chi connectivity index (χ0v) is 10.5. The van der Waals surface area contributed by atoms with Gasteiger partial charge in [-0.1, -0.05) is 23.7 Å². The second-order valence-corrected chi connectivity index (χ2v) is 4.34. The standard InChI is InChI=1S/C11H8BrClN2O/c12-8-3-1-2-4-9(8)16-11-6-7(14)5-10(13)15-11/h1-6H,(H2,14,15). The fourth-order valence-electron chi connectivity index (χ4n) is 1.18. The molecule has 1 aromatic heterocycles. The molecule has 2 rings (SSSR count). The van der Waals surface area contributed by atoms with Crippen LogP contribution in [-0.4, -0.2) is 4.98 Å². The van der Waals surface area contributed by atoms with Crippen LogP contribution in [0.5, 0.6) is 11.6 Å². The lowest BCUT2D eigenvalue weighted by molar-refractivity contribution is 0.460. The van der Waals surface area contributed by atoms with Crippen molar-refractivity contribution in [3.05, 3.63) is 46.0 Å². The van der Waals surface area contributed by atoms with E-state index in [2.05, 4.69) is 20.9 Å². The molecule has 3 nitrogen and oxygen atoms in total. The van der Waals surface area contributed by atoms with E-state index in [1.54, 1.807) is 12.1 Å². The van der Waals surface area contributed by atoms with Gasteiger partial charge in [0.25, 0.3) is 0 Å². The number of halogens is 2. The Kier molecular flexibility index (Phi) is 3.31. The average molecular weight is 300 g/mol. The Bertz CT molecular complexity index is 499. The third-order valence-corrected chi connectivity index (χ3v) is 2.69. The summed E-state index contributed by atoms with van der Waals surface area (Å²) in [6, 6.07) is 10.6. The van der Waals surface area contributed by atoms with Crippen molar-refractivity contribution < 1.29 is 4.74 Å². The van der Waals surface area contributed by atoms with Gasteiger partial charge in [0.1, 0.15) is 10.9 Å². The summed E-state index contributed by atoms with van der Waals surface area (Å²) < 4.78 is 6.39. The zero-order valence-electron chi connectivity index (χ0n) is 8.15. The minimum atomic E-state index is 0.307. The number of hydrogen-bond donors (Lipinski definition) is 1. The molecule has 0 amide bonds. The predicted octanol–water partition coefficient (Wildman–Crippen LogP) is 3.87. The fourth-order valence-corrected chi connectivity index (χ4v) is 1.76. The molecule has 1 heterocycles. The Morgan fingerprint density at radius 3 is 2.69 bits per heavy atom. The number of para-hydroxylation sites is 1. The van der Waals surface area contributed by atoms with Crippen molar-refractivity contribution in [3.63, 3.8) is 0 Å². The van der Waals surface area contributed by atoms with Gasteiger partial charge >= 0.3 is 0 Å². The number of benzene rings is 1. The van der Waals surface area contributed by atoms with Gasteiger partial charge in [-0.15, -0.1) is 0 Å². The van der Waals surface area contributed by atoms with E-state index in [1.165, 1.54) is 0 Å². The lowest BCUT2D eigenvalue weighted by Crippen LogP contribution is -1.92. The number of hydrogen-bond acceptors (Lipinski definition) is 3. The fraction of sp³-hybridized carbons (Fsp3) is 0. The van der Waals surface area contributed by atoms with Crippen LogP contribution in [0.25, 0.3) is 0 Å². The van der Waals surface area contributed by atoms with Crippen LogP contribution in [0.4, 0.5) is 5.69 Å². The molecule has 0 aliphatic heterocycles. The van der Waals surface area contributed by atoms with E-state index < -0.39 is 0 Å². The maximum atomic E-state index is 5.77. The van der Waals surface area contributed by atoms with Crippen molar-refractivity contribution in [1.29, 1.82) is 0 Å². The Hall–Kier alpha value is -1.26. The molecule has 16 heavy (non-hydrogen) atoms. The minimum Gasteiger partial charge on any atom is -0.438 e. The van der Waals surface area contributed by atoms with Crippen LogP contribution in [0.15, 0.2) is 40.9 Å². The van der Waals surface area contributed by atoms with Gasteiger partial charge in [-0.25, -0.2) is 4.98 Å². The monoisotopic (exact) mass is 298 g/mol. The first-order valence-electron chi connectivity index (χ1n) is 4.50. The van der Waals surface area contributed by atoms with Crippen LogP contribution in [0.3, 0.4) is 0 Å². The summed E-state index contributed by atoms with van der Waals surface area (Å²) in [7, 11) is 0. The number of pyridine rings is 1. The molecule has 2 aromatic rings. The normalized spacial score (nSPS) is 10.1. The van der Waals surface area contributed by atoms with E-state index in [1.807, 2.05) is 24.3 Å². The lowest BCUT2D eigenvalue weighted by Gasteiger charge is -2.07. The molecular formula is C11H8BrClN2O. The number of anilines is 1. The van der Waals surface area contributed by atoms with Crippen molar-refractivity contribution in [2.45, 2.75) is 0 Å². The summed E-state index contributed by atoms with van der Waals surface area (Å²) in [5.74, 6) is 1.04. The largest absolute Gasteiger partial charge is 0.438 e. The highest BCUT2D eigenvalue weighted by atomic mass is 79.9. The van der Waals surface area contributed by atoms with Crippen LogP contribution < -0.4 is 10.5 Å². The van der Waals surface area contributed by atoms with Crippen molar-refractivity contribution in [2.75, 3.05) is 5.73 Å². The highest BCUT2D eigenvalue weighted by Crippen LogP contribution is 2.29. The molecular weight excluding hydrogens is 291 g/mol. The van der Waals surface area contributed by atoms with Gasteiger partial charge in [0.2, 0.25) is 5.88 Å². The van der Waals surface area contributed by atoms with Gasteiger partial charge in [0.05, 0.1) is 4.47 Å². The first kappa shape index (κ1) is 11.2. The smallest absolute Gasteiger partial charge is 0.222 e. The molecule has 0 aliphatic carbocycles. The summed E-state index contributed by atoms with van der Waals surface area (Å²) in [6.07, 6.45) is 0. The summed E-state index contributed by atoms with van der Waals surface area (Å²) in [5, 5.41) is 0.307. The van der Waals surface area contributed by atoms with Gasteiger partial charge in [-0.2, -0.15) is 0 Å². The quantitative estimate of drug-likeness (QED) is 0.856. The molecule has 0 radical (unpaired) electrons. The number of ether oxygens (including phenoxy) is 1. The lowest BCUT2D eigenvalue weighted by atomic mass is 10.3. The van der Waals surface area contributed by atoms with Crippen molar-refractivity contribution in [2.24, 2.45) is 0 Å². The van der Waals surface area contributed by atoms with Crippen LogP contribution in [0.2, 0.25) is 5.15 Å². The number of rotatable bonds is 2. The summed E-state index contributed by atoms with van der Waals surface area (Å²) in [4.78, 5) is 4.01. The Labute approximate surface area is 106 Å². The molecule has 0 bridgehead atoms. The molecule has 5 heteroatoms. The molecule has 0 unspecified atom stereocenters. The third kappa shape index (κ3) is 2.65. The van der Waals surface area contributed by atoms with Gasteiger partial charge in [-0.3, -0.25) is 0 Å². The van der Waals surface area contributed by atoms with Crippen LogP contribution in [0.1, 0.15) is 0 Å². The second-order valence-electron chi connectivity index (χ2n) is 3.09. The van der Waals surface area contributed by atoms with Gasteiger partial charge < -0.3 is 10.5 Å².